The summed E-state index contributed by atoms with van der Waals surface area (Å²) in [4.78, 5) is 0. The fourth-order valence-electron chi connectivity index (χ4n) is 5.62. The standard InChI is InChI=1S/C18H13BO3.C16H36N/c20-19(21)22-17-7-3-6-12-8-9-15-10-13-4-1-2-5-14(13)11-16(15)18(12)17;1-5-9-13-17(14-10-6-2,15-11-7-3)16-12-8-4/h1-11,20-21H;5-16H2,1-4H3/q;+1. The van der Waals surface area contributed by atoms with Gasteiger partial charge in [-0.15, -0.1) is 0 Å². The molecule has 0 spiro atoms. The average molecular weight is 531 g/mol. The molecule has 0 fully saturated rings. The Labute approximate surface area is 236 Å². The Morgan fingerprint density at radius 2 is 1.08 bits per heavy atom. The van der Waals surface area contributed by atoms with Gasteiger partial charge in [0.2, 0.25) is 0 Å². The van der Waals surface area contributed by atoms with E-state index in [0.29, 0.717) is 5.75 Å². The fraction of sp³-hybridized carbons (Fsp3) is 0.471. The molecule has 0 saturated carbocycles. The largest absolute Gasteiger partial charge is 0.707 e. The second kappa shape index (κ2) is 15.9. The third-order valence-corrected chi connectivity index (χ3v) is 7.86. The normalized spacial score (nSPS) is 11.5. The van der Waals surface area contributed by atoms with E-state index in [2.05, 4.69) is 58.0 Å². The first-order valence-corrected chi connectivity index (χ1v) is 15.2. The van der Waals surface area contributed by atoms with E-state index in [9.17, 15) is 0 Å². The molecule has 0 aliphatic rings. The predicted molar refractivity (Wildman–Crippen MR) is 169 cm³/mol. The van der Waals surface area contributed by atoms with E-state index >= 15 is 0 Å². The second-order valence-corrected chi connectivity index (χ2v) is 10.9. The first kappa shape index (κ1) is 30.9. The predicted octanol–water partition coefficient (Wildman–Crippen LogP) is 8.50. The van der Waals surface area contributed by atoms with Crippen LogP contribution in [-0.2, 0) is 0 Å². The van der Waals surface area contributed by atoms with Crippen LogP contribution in [0.4, 0.5) is 0 Å². The van der Waals surface area contributed by atoms with Gasteiger partial charge in [-0.2, -0.15) is 0 Å². The summed E-state index contributed by atoms with van der Waals surface area (Å²) in [5, 5.41) is 24.6. The number of benzene rings is 4. The molecule has 0 bridgehead atoms. The minimum atomic E-state index is -1.83. The van der Waals surface area contributed by atoms with Crippen LogP contribution in [0.25, 0.3) is 32.3 Å². The van der Waals surface area contributed by atoms with Crippen LogP contribution in [0.15, 0.2) is 66.7 Å². The highest BCUT2D eigenvalue weighted by Gasteiger charge is 2.24. The maximum absolute atomic E-state index is 9.14. The number of fused-ring (bicyclic) bond motifs is 4. The highest BCUT2D eigenvalue weighted by atomic mass is 16.6. The molecule has 4 aromatic rings. The fourth-order valence-corrected chi connectivity index (χ4v) is 5.62. The zero-order chi connectivity index (χ0) is 28.1. The summed E-state index contributed by atoms with van der Waals surface area (Å²) < 4.78 is 6.58. The van der Waals surface area contributed by atoms with Crippen LogP contribution in [0.2, 0.25) is 0 Å². The van der Waals surface area contributed by atoms with Gasteiger partial charge >= 0.3 is 7.32 Å². The van der Waals surface area contributed by atoms with Gasteiger partial charge in [0.05, 0.1) is 26.2 Å². The molecule has 5 heteroatoms. The summed E-state index contributed by atoms with van der Waals surface area (Å²) in [7, 11) is -1.83. The van der Waals surface area contributed by atoms with Crippen molar-refractivity contribution in [3.8, 4) is 5.75 Å². The molecule has 2 N–H and O–H groups in total. The molecular formula is C34H49BNO3+. The molecule has 0 radical (unpaired) electrons. The van der Waals surface area contributed by atoms with E-state index < -0.39 is 7.32 Å². The summed E-state index contributed by atoms with van der Waals surface area (Å²) in [5.41, 5.74) is 0. The molecule has 4 aromatic carbocycles. The van der Waals surface area contributed by atoms with Gasteiger partial charge in [-0.25, -0.2) is 0 Å². The number of hydrogen-bond acceptors (Lipinski definition) is 3. The van der Waals surface area contributed by atoms with Crippen LogP contribution >= 0.6 is 0 Å². The minimum Gasteiger partial charge on any atom is -0.511 e. The Morgan fingerprint density at radius 1 is 0.590 bits per heavy atom. The van der Waals surface area contributed by atoms with Gasteiger partial charge in [0.1, 0.15) is 5.75 Å². The van der Waals surface area contributed by atoms with Crippen molar-refractivity contribution >= 4 is 39.6 Å². The summed E-state index contributed by atoms with van der Waals surface area (Å²) in [6.45, 7) is 15.0. The Morgan fingerprint density at radius 3 is 1.59 bits per heavy atom. The lowest BCUT2D eigenvalue weighted by atomic mass is 9.97. The molecule has 0 saturated heterocycles. The van der Waals surface area contributed by atoms with E-state index in [0.717, 1.165) is 26.9 Å². The van der Waals surface area contributed by atoms with Gasteiger partial charge in [0.15, 0.2) is 0 Å². The van der Waals surface area contributed by atoms with Crippen LogP contribution < -0.4 is 4.65 Å². The summed E-state index contributed by atoms with van der Waals surface area (Å²) in [6.07, 6.45) is 11.1. The van der Waals surface area contributed by atoms with Gasteiger partial charge in [-0.3, -0.25) is 0 Å². The van der Waals surface area contributed by atoms with Crippen molar-refractivity contribution < 1.29 is 19.2 Å². The van der Waals surface area contributed by atoms with Crippen molar-refractivity contribution in [1.82, 2.24) is 0 Å². The SMILES string of the molecule is CCCC[N+](CCCC)(CCCC)CCCC.OB(O)Oc1cccc2ccc3cc4ccccc4cc3c12. The first-order valence-electron chi connectivity index (χ1n) is 15.2. The monoisotopic (exact) mass is 530 g/mol. The second-order valence-electron chi connectivity index (χ2n) is 10.9. The summed E-state index contributed by atoms with van der Waals surface area (Å²) >= 11 is 0. The smallest absolute Gasteiger partial charge is 0.511 e. The minimum absolute atomic E-state index is 0.466. The summed E-state index contributed by atoms with van der Waals surface area (Å²) in [5.74, 6) is 0.466. The van der Waals surface area contributed by atoms with Gasteiger partial charge < -0.3 is 19.2 Å². The molecule has 0 amide bonds. The molecule has 4 nitrogen and oxygen atoms in total. The Kier molecular flexibility index (Phi) is 12.6. The Hall–Kier alpha value is -2.60. The zero-order valence-corrected chi connectivity index (χ0v) is 24.7. The van der Waals surface area contributed by atoms with E-state index in [1.165, 1.54) is 87.4 Å². The lowest BCUT2D eigenvalue weighted by Crippen LogP contribution is -2.50. The molecule has 0 heterocycles. The van der Waals surface area contributed by atoms with E-state index in [1.807, 2.05) is 30.3 Å². The third kappa shape index (κ3) is 8.70. The van der Waals surface area contributed by atoms with E-state index in [4.69, 9.17) is 14.7 Å². The van der Waals surface area contributed by atoms with E-state index in [-0.39, 0.29) is 0 Å². The van der Waals surface area contributed by atoms with Crippen LogP contribution in [-0.4, -0.2) is 48.0 Å². The molecule has 39 heavy (non-hydrogen) atoms. The lowest BCUT2D eigenvalue weighted by molar-refractivity contribution is -0.929. The van der Waals surface area contributed by atoms with Crippen molar-refractivity contribution in [2.75, 3.05) is 26.2 Å². The average Bonchev–Trinajstić information content (AvgIpc) is 2.95. The number of quaternary nitrogens is 1. The molecule has 0 aliphatic carbocycles. The van der Waals surface area contributed by atoms with Crippen molar-refractivity contribution in [1.29, 1.82) is 0 Å². The van der Waals surface area contributed by atoms with Crippen molar-refractivity contribution in [2.24, 2.45) is 0 Å². The van der Waals surface area contributed by atoms with Crippen LogP contribution in [0.5, 0.6) is 5.75 Å². The maximum atomic E-state index is 9.14. The van der Waals surface area contributed by atoms with Crippen molar-refractivity contribution in [3.63, 3.8) is 0 Å². The molecule has 4 rings (SSSR count). The number of nitrogens with zero attached hydrogens (tertiary/aromatic N) is 1. The third-order valence-electron chi connectivity index (χ3n) is 7.86. The molecular weight excluding hydrogens is 481 g/mol. The highest BCUT2D eigenvalue weighted by Crippen LogP contribution is 2.35. The Balaban J connectivity index is 0.000000225. The Bertz CT molecular complexity index is 1250. The van der Waals surface area contributed by atoms with Gasteiger partial charge in [0.25, 0.3) is 0 Å². The van der Waals surface area contributed by atoms with Crippen molar-refractivity contribution in [3.05, 3.63) is 66.7 Å². The molecule has 210 valence electrons. The molecule has 0 atom stereocenters. The van der Waals surface area contributed by atoms with Crippen LogP contribution in [0.3, 0.4) is 0 Å². The van der Waals surface area contributed by atoms with Crippen LogP contribution in [0, 0.1) is 0 Å². The van der Waals surface area contributed by atoms with Crippen molar-refractivity contribution in [2.45, 2.75) is 79.1 Å². The lowest BCUT2D eigenvalue weighted by Gasteiger charge is -2.39. The number of hydrogen-bond donors (Lipinski definition) is 2. The zero-order valence-electron chi connectivity index (χ0n) is 24.7. The first-order chi connectivity index (χ1) is 19.0. The van der Waals surface area contributed by atoms with Gasteiger partial charge in [-0.05, 0) is 70.8 Å². The number of unbranched alkanes of at least 4 members (excludes halogenated alkanes) is 4. The molecule has 0 aliphatic heterocycles. The van der Waals surface area contributed by atoms with Crippen LogP contribution in [0.1, 0.15) is 79.1 Å². The van der Waals surface area contributed by atoms with E-state index in [1.54, 1.807) is 6.07 Å². The van der Waals surface area contributed by atoms with Gasteiger partial charge in [-0.1, -0.05) is 102 Å². The maximum Gasteiger partial charge on any atom is 0.707 e. The topological polar surface area (TPSA) is 49.7 Å². The van der Waals surface area contributed by atoms with Gasteiger partial charge in [0, 0.05) is 5.39 Å². The summed E-state index contributed by atoms with van der Waals surface area (Å²) in [6, 6.07) is 22.1. The highest BCUT2D eigenvalue weighted by molar-refractivity contribution is 6.34. The molecule has 0 aromatic heterocycles. The molecule has 0 unspecified atom stereocenters. The quantitative estimate of drug-likeness (QED) is 0.0744. The number of rotatable bonds is 14.